The third-order valence-electron chi connectivity index (χ3n) is 2.72. The molecule has 114 valence electrons. The highest BCUT2D eigenvalue weighted by atomic mass is 79.9. The largest absolute Gasteiger partial charge is 0.325 e. The molecule has 0 radical (unpaired) electrons. The maximum absolute atomic E-state index is 13.4. The summed E-state index contributed by atoms with van der Waals surface area (Å²) in [4.78, 5) is 23.2. The topological polar surface area (TPSA) is 58.2 Å². The summed E-state index contributed by atoms with van der Waals surface area (Å²) in [6.07, 6.45) is 0. The summed E-state index contributed by atoms with van der Waals surface area (Å²) in [6, 6.07) is 8.73. The minimum atomic E-state index is -0.525. The normalized spacial score (nSPS) is 10.2. The predicted molar refractivity (Wildman–Crippen MR) is 87.8 cm³/mol. The number of rotatable bonds is 3. The van der Waals surface area contributed by atoms with Gasteiger partial charge in [-0.15, -0.1) is 0 Å². The van der Waals surface area contributed by atoms with Crippen molar-refractivity contribution in [1.29, 1.82) is 0 Å². The van der Waals surface area contributed by atoms with Gasteiger partial charge in [0.05, 0.1) is 15.2 Å². The van der Waals surface area contributed by atoms with E-state index in [1.54, 1.807) is 12.1 Å². The maximum Gasteiger partial charge on any atom is 0.255 e. The van der Waals surface area contributed by atoms with Crippen LogP contribution in [-0.4, -0.2) is 11.8 Å². The smallest absolute Gasteiger partial charge is 0.255 e. The van der Waals surface area contributed by atoms with Crippen LogP contribution in [0.2, 0.25) is 5.02 Å². The number of hydrogen-bond donors (Lipinski definition) is 2. The third-order valence-corrected chi connectivity index (χ3v) is 3.69. The van der Waals surface area contributed by atoms with E-state index in [-0.39, 0.29) is 15.9 Å². The number of amides is 2. The average molecular weight is 386 g/mol. The zero-order valence-electron chi connectivity index (χ0n) is 11.4. The average Bonchev–Trinajstić information content (AvgIpc) is 2.45. The van der Waals surface area contributed by atoms with E-state index in [0.717, 1.165) is 6.07 Å². The molecule has 0 aliphatic heterocycles. The first-order chi connectivity index (χ1) is 10.4. The van der Waals surface area contributed by atoms with E-state index < -0.39 is 11.7 Å². The molecular formula is C15H11BrClFN2O2. The van der Waals surface area contributed by atoms with Gasteiger partial charge in [0.25, 0.3) is 5.91 Å². The molecule has 2 N–H and O–H groups in total. The second-order valence-corrected chi connectivity index (χ2v) is 5.72. The Bertz CT molecular complexity index is 752. The van der Waals surface area contributed by atoms with Gasteiger partial charge in [0.15, 0.2) is 0 Å². The summed E-state index contributed by atoms with van der Waals surface area (Å²) in [5.74, 6) is -1.27. The Kier molecular flexibility index (Phi) is 5.15. The van der Waals surface area contributed by atoms with Crippen molar-refractivity contribution in [2.45, 2.75) is 6.92 Å². The second-order valence-electron chi connectivity index (χ2n) is 4.46. The number of carbonyl (C=O) groups excluding carboxylic acids is 2. The fourth-order valence-electron chi connectivity index (χ4n) is 1.73. The molecule has 4 nitrogen and oxygen atoms in total. The summed E-state index contributed by atoms with van der Waals surface area (Å²) in [5.41, 5.74) is 0.993. The van der Waals surface area contributed by atoms with Crippen LogP contribution in [0.3, 0.4) is 0 Å². The Hall–Kier alpha value is -1.92. The monoisotopic (exact) mass is 384 g/mol. The molecule has 0 aliphatic rings. The van der Waals surface area contributed by atoms with Gasteiger partial charge < -0.3 is 10.6 Å². The van der Waals surface area contributed by atoms with E-state index >= 15 is 0 Å². The number of carbonyl (C=O) groups is 2. The van der Waals surface area contributed by atoms with Crippen LogP contribution in [0.25, 0.3) is 0 Å². The molecule has 0 spiro atoms. The molecular weight excluding hydrogens is 375 g/mol. The summed E-state index contributed by atoms with van der Waals surface area (Å²) < 4.78 is 13.7. The fourth-order valence-corrected chi connectivity index (χ4v) is 2.14. The van der Waals surface area contributed by atoms with Gasteiger partial charge in [-0.3, -0.25) is 9.59 Å². The van der Waals surface area contributed by atoms with E-state index in [9.17, 15) is 14.0 Å². The number of benzene rings is 2. The van der Waals surface area contributed by atoms with E-state index in [1.807, 2.05) is 0 Å². The zero-order valence-corrected chi connectivity index (χ0v) is 13.8. The van der Waals surface area contributed by atoms with Gasteiger partial charge in [-0.2, -0.15) is 0 Å². The van der Waals surface area contributed by atoms with Crippen molar-refractivity contribution in [3.63, 3.8) is 0 Å². The summed E-state index contributed by atoms with van der Waals surface area (Å²) in [7, 11) is 0. The summed E-state index contributed by atoms with van der Waals surface area (Å²) in [6.45, 7) is 1.35. The van der Waals surface area contributed by atoms with Crippen LogP contribution in [0.5, 0.6) is 0 Å². The lowest BCUT2D eigenvalue weighted by atomic mass is 10.2. The van der Waals surface area contributed by atoms with Crippen molar-refractivity contribution in [2.24, 2.45) is 0 Å². The molecule has 0 atom stereocenters. The fraction of sp³-hybridized carbons (Fsp3) is 0.0667. The van der Waals surface area contributed by atoms with Gasteiger partial charge in [0, 0.05) is 18.2 Å². The number of hydrogen-bond acceptors (Lipinski definition) is 2. The molecule has 2 rings (SSSR count). The molecule has 2 aromatic rings. The number of halogens is 3. The molecule has 22 heavy (non-hydrogen) atoms. The van der Waals surface area contributed by atoms with Gasteiger partial charge in [0.2, 0.25) is 5.91 Å². The molecule has 0 aliphatic carbocycles. The van der Waals surface area contributed by atoms with Crippen molar-refractivity contribution in [1.82, 2.24) is 0 Å². The van der Waals surface area contributed by atoms with E-state index in [4.69, 9.17) is 11.6 Å². The highest BCUT2D eigenvalue weighted by molar-refractivity contribution is 9.10. The van der Waals surface area contributed by atoms with Crippen LogP contribution in [0.4, 0.5) is 15.8 Å². The first-order valence-electron chi connectivity index (χ1n) is 6.20. The van der Waals surface area contributed by atoms with Gasteiger partial charge in [-0.05, 0) is 52.3 Å². The highest BCUT2D eigenvalue weighted by Crippen LogP contribution is 2.26. The quantitative estimate of drug-likeness (QED) is 0.820. The zero-order chi connectivity index (χ0) is 16.3. The van der Waals surface area contributed by atoms with Crippen LogP contribution >= 0.6 is 27.5 Å². The molecule has 0 aromatic heterocycles. The molecule has 0 heterocycles. The highest BCUT2D eigenvalue weighted by Gasteiger charge is 2.10. The molecule has 0 unspecified atom stereocenters. The lowest BCUT2D eigenvalue weighted by Gasteiger charge is -2.10. The van der Waals surface area contributed by atoms with Crippen LogP contribution < -0.4 is 10.6 Å². The second kappa shape index (κ2) is 6.89. The van der Waals surface area contributed by atoms with E-state index in [2.05, 4.69) is 26.6 Å². The van der Waals surface area contributed by atoms with Crippen LogP contribution in [-0.2, 0) is 4.79 Å². The maximum atomic E-state index is 13.4. The molecule has 7 heteroatoms. The Morgan fingerprint density at radius 1 is 1.14 bits per heavy atom. The lowest BCUT2D eigenvalue weighted by Crippen LogP contribution is -2.13. The van der Waals surface area contributed by atoms with Crippen LogP contribution in [0, 0.1) is 5.82 Å². The summed E-state index contributed by atoms with van der Waals surface area (Å²) in [5, 5.41) is 5.52. The Labute approximate surface area is 139 Å². The molecule has 2 amide bonds. The minimum Gasteiger partial charge on any atom is -0.325 e. The Balaban J connectivity index is 2.21. The summed E-state index contributed by atoms with van der Waals surface area (Å²) >= 11 is 8.97. The third kappa shape index (κ3) is 4.05. The van der Waals surface area contributed by atoms with Gasteiger partial charge in [0.1, 0.15) is 5.82 Å². The van der Waals surface area contributed by atoms with Crippen LogP contribution in [0.15, 0.2) is 40.9 Å². The first-order valence-corrected chi connectivity index (χ1v) is 7.37. The standard InChI is InChI=1S/C15H11BrClFN2O2/c1-8(21)19-14-7-10(3-5-12(14)17)20-15(22)9-2-4-11(16)13(18)6-9/h2-7H,1H3,(H,19,21)(H,20,22). The first kappa shape index (κ1) is 16.5. The van der Waals surface area contributed by atoms with Crippen molar-refractivity contribution < 1.29 is 14.0 Å². The number of anilines is 2. The van der Waals surface area contributed by atoms with Crippen molar-refractivity contribution in [2.75, 3.05) is 10.6 Å². The molecule has 2 aromatic carbocycles. The molecule has 0 fully saturated rings. The van der Waals surface area contributed by atoms with Crippen LogP contribution in [0.1, 0.15) is 17.3 Å². The predicted octanol–water partition coefficient (Wildman–Crippen LogP) is 4.45. The van der Waals surface area contributed by atoms with Crippen molar-refractivity contribution in [3.05, 3.63) is 57.3 Å². The SMILES string of the molecule is CC(=O)Nc1cc(NC(=O)c2ccc(Br)c(F)c2)ccc1Cl. The molecule has 0 saturated heterocycles. The van der Waals surface area contributed by atoms with E-state index in [0.29, 0.717) is 16.4 Å². The minimum absolute atomic E-state index is 0.178. The van der Waals surface area contributed by atoms with Gasteiger partial charge in [-0.1, -0.05) is 11.6 Å². The molecule has 0 saturated carbocycles. The van der Waals surface area contributed by atoms with Crippen molar-refractivity contribution >= 4 is 50.7 Å². The molecule has 0 bridgehead atoms. The van der Waals surface area contributed by atoms with Gasteiger partial charge >= 0.3 is 0 Å². The van der Waals surface area contributed by atoms with Crippen molar-refractivity contribution in [3.8, 4) is 0 Å². The van der Waals surface area contributed by atoms with Gasteiger partial charge in [-0.25, -0.2) is 4.39 Å². The number of nitrogens with one attached hydrogen (secondary N) is 2. The Morgan fingerprint density at radius 2 is 1.86 bits per heavy atom. The lowest BCUT2D eigenvalue weighted by molar-refractivity contribution is -0.114. The Morgan fingerprint density at radius 3 is 2.50 bits per heavy atom. The van der Waals surface area contributed by atoms with E-state index in [1.165, 1.54) is 25.1 Å².